The molecule has 1 aromatic rings. The van der Waals surface area contributed by atoms with Gasteiger partial charge in [0, 0.05) is 12.1 Å². The lowest BCUT2D eigenvalue weighted by Gasteiger charge is -2.02. The van der Waals surface area contributed by atoms with Crippen LogP contribution in [0.4, 0.5) is 0 Å². The first kappa shape index (κ1) is 13.0. The number of nitrogens with zero attached hydrogens (tertiary/aromatic N) is 1. The summed E-state index contributed by atoms with van der Waals surface area (Å²) < 4.78 is 0. The average molecular weight is 231 g/mol. The van der Waals surface area contributed by atoms with Crippen LogP contribution in [-0.2, 0) is 0 Å². The van der Waals surface area contributed by atoms with Crippen molar-refractivity contribution in [3.63, 3.8) is 0 Å². The molecule has 0 saturated carbocycles. The maximum absolute atomic E-state index is 11.6. The highest BCUT2D eigenvalue weighted by atomic mass is 16.1. The van der Waals surface area contributed by atoms with E-state index in [1.807, 2.05) is 31.2 Å². The molecule has 0 radical (unpaired) electrons. The van der Waals surface area contributed by atoms with E-state index in [0.717, 1.165) is 0 Å². The number of amidine groups is 1. The van der Waals surface area contributed by atoms with Gasteiger partial charge in [-0.25, -0.2) is 0 Å². The second kappa shape index (κ2) is 7.22. The molecule has 1 aromatic carbocycles. The number of nitrogens with two attached hydrogens (primary N) is 1. The average Bonchev–Trinajstić information content (AvgIpc) is 2.36. The van der Waals surface area contributed by atoms with Crippen molar-refractivity contribution in [2.45, 2.75) is 6.92 Å². The standard InChI is InChI=1S/C13H17N3O/c1-2-6-12(14)15-9-10-16-13(17)11-7-4-3-5-8-11/h2-8H,9-10H2,1H3,(H2,14,15)(H,16,17)/b6-2-. The molecule has 90 valence electrons. The fraction of sp³-hybridized carbons (Fsp3) is 0.231. The predicted molar refractivity (Wildman–Crippen MR) is 70.1 cm³/mol. The van der Waals surface area contributed by atoms with Crippen molar-refractivity contribution in [2.75, 3.05) is 13.1 Å². The van der Waals surface area contributed by atoms with Gasteiger partial charge in [0.15, 0.2) is 0 Å². The van der Waals surface area contributed by atoms with E-state index in [0.29, 0.717) is 24.5 Å². The van der Waals surface area contributed by atoms with E-state index in [1.54, 1.807) is 18.2 Å². The molecule has 0 aromatic heterocycles. The summed E-state index contributed by atoms with van der Waals surface area (Å²) >= 11 is 0. The number of benzene rings is 1. The summed E-state index contributed by atoms with van der Waals surface area (Å²) in [4.78, 5) is 15.7. The number of aliphatic imine (C=N–C) groups is 1. The van der Waals surface area contributed by atoms with Gasteiger partial charge in [-0.05, 0) is 25.1 Å². The van der Waals surface area contributed by atoms with Crippen LogP contribution < -0.4 is 11.1 Å². The molecular formula is C13H17N3O. The van der Waals surface area contributed by atoms with Crippen LogP contribution in [0.2, 0.25) is 0 Å². The van der Waals surface area contributed by atoms with Crippen molar-refractivity contribution in [1.29, 1.82) is 0 Å². The third-order valence-electron chi connectivity index (χ3n) is 2.07. The lowest BCUT2D eigenvalue weighted by Crippen LogP contribution is -2.26. The Morgan fingerprint density at radius 3 is 2.76 bits per heavy atom. The van der Waals surface area contributed by atoms with Crippen LogP contribution in [0, 0.1) is 0 Å². The normalized spacial score (nSPS) is 11.7. The zero-order valence-electron chi connectivity index (χ0n) is 9.89. The van der Waals surface area contributed by atoms with Crippen LogP contribution in [0.1, 0.15) is 17.3 Å². The van der Waals surface area contributed by atoms with Crippen molar-refractivity contribution in [3.05, 3.63) is 48.0 Å². The molecule has 0 atom stereocenters. The highest BCUT2D eigenvalue weighted by Gasteiger charge is 2.01. The Hall–Kier alpha value is -2.10. The summed E-state index contributed by atoms with van der Waals surface area (Å²) in [6, 6.07) is 9.08. The lowest BCUT2D eigenvalue weighted by molar-refractivity contribution is 0.0955. The number of hydrogen-bond donors (Lipinski definition) is 2. The number of allylic oxidation sites excluding steroid dienone is 1. The Bertz CT molecular complexity index is 410. The molecule has 0 unspecified atom stereocenters. The predicted octanol–water partition coefficient (Wildman–Crippen LogP) is 1.35. The van der Waals surface area contributed by atoms with Gasteiger partial charge in [0.1, 0.15) is 5.84 Å². The van der Waals surface area contributed by atoms with Crippen molar-refractivity contribution >= 4 is 11.7 Å². The third-order valence-corrected chi connectivity index (χ3v) is 2.07. The zero-order valence-corrected chi connectivity index (χ0v) is 9.89. The van der Waals surface area contributed by atoms with E-state index in [1.165, 1.54) is 0 Å². The van der Waals surface area contributed by atoms with Crippen LogP contribution in [0.15, 0.2) is 47.5 Å². The molecule has 0 bridgehead atoms. The first-order chi connectivity index (χ1) is 8.24. The van der Waals surface area contributed by atoms with E-state index < -0.39 is 0 Å². The van der Waals surface area contributed by atoms with Crippen LogP contribution >= 0.6 is 0 Å². The number of rotatable bonds is 5. The Kier molecular flexibility index (Phi) is 5.51. The maximum atomic E-state index is 11.6. The van der Waals surface area contributed by atoms with Crippen molar-refractivity contribution in [3.8, 4) is 0 Å². The SMILES string of the molecule is C/C=C\C(N)=NCCNC(=O)c1ccccc1. The topological polar surface area (TPSA) is 67.5 Å². The van der Waals surface area contributed by atoms with Gasteiger partial charge in [0.25, 0.3) is 5.91 Å². The molecule has 0 aliphatic rings. The first-order valence-corrected chi connectivity index (χ1v) is 5.50. The molecule has 0 heterocycles. The lowest BCUT2D eigenvalue weighted by atomic mass is 10.2. The summed E-state index contributed by atoms with van der Waals surface area (Å²) in [5.41, 5.74) is 6.21. The molecule has 4 nitrogen and oxygen atoms in total. The van der Waals surface area contributed by atoms with Gasteiger partial charge in [-0.1, -0.05) is 24.3 Å². The van der Waals surface area contributed by atoms with Gasteiger partial charge in [0.05, 0.1) is 6.54 Å². The molecule has 1 rings (SSSR count). The third kappa shape index (κ3) is 4.97. The molecule has 0 aliphatic heterocycles. The molecule has 4 heteroatoms. The number of amides is 1. The van der Waals surface area contributed by atoms with Gasteiger partial charge in [0.2, 0.25) is 0 Å². The summed E-state index contributed by atoms with van der Waals surface area (Å²) in [5.74, 6) is 0.381. The second-order valence-corrected chi connectivity index (χ2v) is 3.43. The summed E-state index contributed by atoms with van der Waals surface area (Å²) in [7, 11) is 0. The van der Waals surface area contributed by atoms with Gasteiger partial charge < -0.3 is 11.1 Å². The van der Waals surface area contributed by atoms with Crippen molar-refractivity contribution in [2.24, 2.45) is 10.7 Å². The monoisotopic (exact) mass is 231 g/mol. The Labute approximate surface area is 101 Å². The fourth-order valence-electron chi connectivity index (χ4n) is 1.27. The molecule has 0 aliphatic carbocycles. The molecule has 0 saturated heterocycles. The number of carbonyl (C=O) groups excluding carboxylic acids is 1. The van der Waals surface area contributed by atoms with E-state index in [2.05, 4.69) is 10.3 Å². The minimum atomic E-state index is -0.0922. The van der Waals surface area contributed by atoms with E-state index in [-0.39, 0.29) is 5.91 Å². The van der Waals surface area contributed by atoms with E-state index >= 15 is 0 Å². The highest BCUT2D eigenvalue weighted by molar-refractivity contribution is 5.94. The zero-order chi connectivity index (χ0) is 12.5. The smallest absolute Gasteiger partial charge is 0.251 e. The summed E-state index contributed by atoms with van der Waals surface area (Å²) in [6.45, 7) is 2.83. The number of carbonyl (C=O) groups is 1. The number of hydrogen-bond acceptors (Lipinski definition) is 2. The largest absolute Gasteiger partial charge is 0.384 e. The molecule has 0 spiro atoms. The molecule has 3 N–H and O–H groups in total. The minimum absolute atomic E-state index is 0.0922. The van der Waals surface area contributed by atoms with Crippen LogP contribution in [0.5, 0.6) is 0 Å². The van der Waals surface area contributed by atoms with Gasteiger partial charge in [-0.3, -0.25) is 9.79 Å². The minimum Gasteiger partial charge on any atom is -0.384 e. The second-order valence-electron chi connectivity index (χ2n) is 3.43. The maximum Gasteiger partial charge on any atom is 0.251 e. The van der Waals surface area contributed by atoms with E-state index in [9.17, 15) is 4.79 Å². The molecule has 1 amide bonds. The first-order valence-electron chi connectivity index (χ1n) is 5.50. The quantitative estimate of drug-likeness (QED) is 0.456. The van der Waals surface area contributed by atoms with Crippen molar-refractivity contribution in [1.82, 2.24) is 5.32 Å². The summed E-state index contributed by atoms with van der Waals surface area (Å²) in [6.07, 6.45) is 3.54. The molecule has 17 heavy (non-hydrogen) atoms. The highest BCUT2D eigenvalue weighted by Crippen LogP contribution is 1.97. The van der Waals surface area contributed by atoms with Crippen LogP contribution in [0.25, 0.3) is 0 Å². The van der Waals surface area contributed by atoms with Gasteiger partial charge >= 0.3 is 0 Å². The van der Waals surface area contributed by atoms with Crippen LogP contribution in [-0.4, -0.2) is 24.8 Å². The van der Waals surface area contributed by atoms with E-state index in [4.69, 9.17) is 5.73 Å². The Morgan fingerprint density at radius 2 is 2.12 bits per heavy atom. The van der Waals surface area contributed by atoms with Gasteiger partial charge in [-0.15, -0.1) is 0 Å². The Morgan fingerprint density at radius 1 is 1.41 bits per heavy atom. The number of nitrogens with one attached hydrogen (secondary N) is 1. The molecule has 0 fully saturated rings. The Balaban J connectivity index is 2.33. The fourth-order valence-corrected chi connectivity index (χ4v) is 1.27. The van der Waals surface area contributed by atoms with Crippen LogP contribution in [0.3, 0.4) is 0 Å². The summed E-state index contributed by atoms with van der Waals surface area (Å²) in [5, 5.41) is 2.77. The van der Waals surface area contributed by atoms with Crippen molar-refractivity contribution < 1.29 is 4.79 Å². The van der Waals surface area contributed by atoms with Gasteiger partial charge in [-0.2, -0.15) is 0 Å². The molecular weight excluding hydrogens is 214 g/mol.